The number of ketones is 1. The number of hydrogen-bond acceptors (Lipinski definition) is 6. The molecule has 0 saturated carbocycles. The lowest BCUT2D eigenvalue weighted by Crippen LogP contribution is -2.46. The van der Waals surface area contributed by atoms with E-state index >= 15 is 0 Å². The molecular formula is C24H25Cl2N3O4. The summed E-state index contributed by atoms with van der Waals surface area (Å²) in [6, 6.07) is 10.9. The van der Waals surface area contributed by atoms with Crippen LogP contribution in [0.2, 0.25) is 10.0 Å². The molecule has 1 unspecified atom stereocenters. The van der Waals surface area contributed by atoms with Crippen LogP contribution in [-0.2, 0) is 9.59 Å². The van der Waals surface area contributed by atoms with Gasteiger partial charge in [-0.05, 0) is 42.0 Å². The molecule has 9 heteroatoms. The Bertz CT molecular complexity index is 1080. The van der Waals surface area contributed by atoms with E-state index in [1.165, 1.54) is 4.90 Å². The summed E-state index contributed by atoms with van der Waals surface area (Å²) in [5.41, 5.74) is 1.06. The van der Waals surface area contributed by atoms with Crippen molar-refractivity contribution in [3.63, 3.8) is 0 Å². The molecule has 33 heavy (non-hydrogen) atoms. The number of ether oxygens (including phenoxy) is 1. The van der Waals surface area contributed by atoms with Crippen LogP contribution in [0.25, 0.3) is 5.76 Å². The minimum Gasteiger partial charge on any atom is -0.507 e. The second-order valence-corrected chi connectivity index (χ2v) is 8.80. The smallest absolute Gasteiger partial charge is 0.295 e. The summed E-state index contributed by atoms with van der Waals surface area (Å²) in [4.78, 5) is 30.0. The summed E-state index contributed by atoms with van der Waals surface area (Å²) < 4.78 is 5.17. The van der Waals surface area contributed by atoms with Gasteiger partial charge in [0.25, 0.3) is 11.7 Å². The molecule has 0 aromatic heterocycles. The Morgan fingerprint density at radius 1 is 1.06 bits per heavy atom. The number of nitrogens with zero attached hydrogens (tertiary/aromatic N) is 2. The number of nitrogens with one attached hydrogen (secondary N) is 1. The first-order valence-electron chi connectivity index (χ1n) is 10.7. The first-order valence-corrected chi connectivity index (χ1v) is 11.5. The normalized spacial score (nSPS) is 20.9. The van der Waals surface area contributed by atoms with Crippen LogP contribution in [-0.4, -0.2) is 73.0 Å². The Kier molecular flexibility index (Phi) is 7.24. The van der Waals surface area contributed by atoms with E-state index in [1.807, 2.05) is 0 Å². The number of Topliss-reactive ketones (excluding diaryl/α,β-unsaturated/α-hetero) is 1. The number of hydrogen-bond donors (Lipinski definition) is 2. The molecule has 0 aliphatic carbocycles. The minimum atomic E-state index is -0.773. The molecule has 2 aliphatic heterocycles. The van der Waals surface area contributed by atoms with Crippen molar-refractivity contribution in [1.82, 2.24) is 15.1 Å². The van der Waals surface area contributed by atoms with Gasteiger partial charge in [0.2, 0.25) is 0 Å². The highest BCUT2D eigenvalue weighted by Crippen LogP contribution is 2.41. The largest absolute Gasteiger partial charge is 0.507 e. The number of aliphatic hydroxyl groups excluding tert-OH is 1. The SMILES string of the molecule is COc1ccc(C(O)=C2C(=O)C(=O)N(CCN3CCNCC3)C2c2ccc(Cl)c(Cl)c2)cc1. The molecule has 2 aliphatic rings. The van der Waals surface area contributed by atoms with E-state index in [0.717, 1.165) is 26.2 Å². The van der Waals surface area contributed by atoms with Crippen LogP contribution in [0.3, 0.4) is 0 Å². The van der Waals surface area contributed by atoms with Gasteiger partial charge in [0.1, 0.15) is 11.5 Å². The zero-order chi connectivity index (χ0) is 23.5. The number of likely N-dealkylation sites (tertiary alicyclic amines) is 1. The summed E-state index contributed by atoms with van der Waals surface area (Å²) in [5, 5.41) is 15.1. The molecule has 0 bridgehead atoms. The molecule has 7 nitrogen and oxygen atoms in total. The van der Waals surface area contributed by atoms with Crippen molar-refractivity contribution in [3.05, 3.63) is 69.2 Å². The lowest BCUT2D eigenvalue weighted by Gasteiger charge is -2.31. The summed E-state index contributed by atoms with van der Waals surface area (Å²) >= 11 is 12.4. The minimum absolute atomic E-state index is 0.0314. The zero-order valence-corrected chi connectivity index (χ0v) is 19.7. The Morgan fingerprint density at radius 2 is 1.76 bits per heavy atom. The molecular weight excluding hydrogens is 465 g/mol. The number of carbonyl (C=O) groups is 2. The number of carbonyl (C=O) groups excluding carboxylic acids is 2. The van der Waals surface area contributed by atoms with Crippen molar-refractivity contribution in [1.29, 1.82) is 0 Å². The molecule has 4 rings (SSSR count). The molecule has 174 valence electrons. The quantitative estimate of drug-likeness (QED) is 0.368. The first-order chi connectivity index (χ1) is 15.9. The Balaban J connectivity index is 1.74. The molecule has 1 amide bonds. The monoisotopic (exact) mass is 489 g/mol. The zero-order valence-electron chi connectivity index (χ0n) is 18.2. The Hall–Kier alpha value is -2.58. The average Bonchev–Trinajstić information content (AvgIpc) is 3.09. The molecule has 0 radical (unpaired) electrons. The maximum atomic E-state index is 13.1. The van der Waals surface area contributed by atoms with E-state index in [4.69, 9.17) is 27.9 Å². The van der Waals surface area contributed by atoms with Gasteiger partial charge in [-0.15, -0.1) is 0 Å². The third kappa shape index (κ3) is 4.87. The maximum Gasteiger partial charge on any atom is 0.295 e. The fourth-order valence-corrected chi connectivity index (χ4v) is 4.53. The van der Waals surface area contributed by atoms with E-state index in [2.05, 4.69) is 10.2 Å². The van der Waals surface area contributed by atoms with Gasteiger partial charge >= 0.3 is 0 Å². The molecule has 2 saturated heterocycles. The summed E-state index contributed by atoms with van der Waals surface area (Å²) in [6.07, 6.45) is 0. The van der Waals surface area contributed by atoms with E-state index in [-0.39, 0.29) is 11.3 Å². The highest BCUT2D eigenvalue weighted by Gasteiger charge is 2.46. The molecule has 2 N–H and O–H groups in total. The number of halogens is 2. The van der Waals surface area contributed by atoms with Crippen molar-refractivity contribution < 1.29 is 19.4 Å². The fourth-order valence-electron chi connectivity index (χ4n) is 4.23. The molecule has 2 aromatic rings. The van der Waals surface area contributed by atoms with E-state index < -0.39 is 17.7 Å². The number of amides is 1. The predicted molar refractivity (Wildman–Crippen MR) is 128 cm³/mol. The van der Waals surface area contributed by atoms with Gasteiger partial charge in [-0.3, -0.25) is 14.5 Å². The lowest BCUT2D eigenvalue weighted by molar-refractivity contribution is -0.140. The topological polar surface area (TPSA) is 82.1 Å². The Morgan fingerprint density at radius 3 is 2.39 bits per heavy atom. The molecule has 2 fully saturated rings. The van der Waals surface area contributed by atoms with Crippen LogP contribution in [0.4, 0.5) is 0 Å². The molecule has 0 spiro atoms. The van der Waals surface area contributed by atoms with E-state index in [1.54, 1.807) is 49.6 Å². The molecule has 2 heterocycles. The van der Waals surface area contributed by atoms with Crippen molar-refractivity contribution in [3.8, 4) is 5.75 Å². The third-order valence-electron chi connectivity index (χ3n) is 6.03. The first kappa shape index (κ1) is 23.6. The number of piperazine rings is 1. The van der Waals surface area contributed by atoms with Crippen LogP contribution >= 0.6 is 23.2 Å². The van der Waals surface area contributed by atoms with Gasteiger partial charge in [-0.25, -0.2) is 0 Å². The van der Waals surface area contributed by atoms with Gasteiger partial charge in [0.15, 0.2) is 0 Å². The Labute approximate surface area is 202 Å². The molecule has 2 aromatic carbocycles. The number of methoxy groups -OCH3 is 1. The van der Waals surface area contributed by atoms with Gasteiger partial charge in [0.05, 0.1) is 28.8 Å². The number of aliphatic hydroxyl groups is 1. The van der Waals surface area contributed by atoms with Crippen LogP contribution in [0.1, 0.15) is 17.2 Å². The van der Waals surface area contributed by atoms with Crippen LogP contribution < -0.4 is 10.1 Å². The standard InChI is InChI=1S/C24H25Cl2N3O4/c1-33-17-5-2-15(3-6-17)22(30)20-21(16-4-7-18(25)19(26)14-16)29(24(32)23(20)31)13-12-28-10-8-27-9-11-28/h2-7,14,21,27,30H,8-13H2,1H3. The van der Waals surface area contributed by atoms with Crippen LogP contribution in [0.15, 0.2) is 48.0 Å². The highest BCUT2D eigenvalue weighted by atomic mass is 35.5. The maximum absolute atomic E-state index is 13.1. The number of rotatable bonds is 6. The molecule has 1 atom stereocenters. The summed E-state index contributed by atoms with van der Waals surface area (Å²) in [7, 11) is 1.54. The van der Waals surface area contributed by atoms with Crippen molar-refractivity contribution in [2.45, 2.75) is 6.04 Å². The lowest BCUT2D eigenvalue weighted by atomic mass is 9.95. The predicted octanol–water partition coefficient (Wildman–Crippen LogP) is 3.33. The van der Waals surface area contributed by atoms with Gasteiger partial charge in [0, 0.05) is 44.8 Å². The van der Waals surface area contributed by atoms with Crippen molar-refractivity contribution in [2.75, 3.05) is 46.4 Å². The van der Waals surface area contributed by atoms with Gasteiger partial charge in [-0.1, -0.05) is 29.3 Å². The number of benzene rings is 2. The van der Waals surface area contributed by atoms with Crippen LogP contribution in [0, 0.1) is 0 Å². The second kappa shape index (κ2) is 10.1. The van der Waals surface area contributed by atoms with Gasteiger partial charge < -0.3 is 20.1 Å². The average molecular weight is 490 g/mol. The fraction of sp³-hybridized carbons (Fsp3) is 0.333. The van der Waals surface area contributed by atoms with Crippen molar-refractivity contribution >= 4 is 40.7 Å². The summed E-state index contributed by atoms with van der Waals surface area (Å²) in [5.74, 6) is -0.989. The van der Waals surface area contributed by atoms with E-state index in [0.29, 0.717) is 40.0 Å². The van der Waals surface area contributed by atoms with Gasteiger partial charge in [-0.2, -0.15) is 0 Å². The van der Waals surface area contributed by atoms with E-state index in [9.17, 15) is 14.7 Å². The third-order valence-corrected chi connectivity index (χ3v) is 6.77. The van der Waals surface area contributed by atoms with Crippen molar-refractivity contribution in [2.24, 2.45) is 0 Å². The second-order valence-electron chi connectivity index (χ2n) is 7.99. The highest BCUT2D eigenvalue weighted by molar-refractivity contribution is 6.46. The summed E-state index contributed by atoms with van der Waals surface area (Å²) in [6.45, 7) is 4.46. The van der Waals surface area contributed by atoms with Crippen LogP contribution in [0.5, 0.6) is 5.75 Å².